The highest BCUT2D eigenvalue weighted by Crippen LogP contribution is 2.30. The number of rotatable bonds is 2. The summed E-state index contributed by atoms with van der Waals surface area (Å²) in [6.45, 7) is -0.515. The second-order valence-electron chi connectivity index (χ2n) is 4.35. The van der Waals surface area contributed by atoms with Gasteiger partial charge in [0, 0.05) is 0 Å². The van der Waals surface area contributed by atoms with E-state index in [1.54, 1.807) is 0 Å². The number of hydrogen-bond acceptors (Lipinski definition) is 10. The van der Waals surface area contributed by atoms with E-state index in [1.807, 2.05) is 0 Å². The van der Waals surface area contributed by atoms with Crippen molar-refractivity contribution >= 4 is 11.5 Å². The molecule has 0 aromatic carbocycles. The van der Waals surface area contributed by atoms with Crippen molar-refractivity contribution in [2.45, 2.75) is 24.5 Å². The van der Waals surface area contributed by atoms with Gasteiger partial charge in [0.1, 0.15) is 24.6 Å². The zero-order chi connectivity index (χ0) is 14.4. The fourth-order valence-corrected chi connectivity index (χ4v) is 2.13. The Morgan fingerprint density at radius 1 is 1.40 bits per heavy atom. The molecule has 1 aromatic heterocycles. The molecule has 11 nitrogen and oxygen atoms in total. The number of aliphatic hydroxyl groups excluding tert-OH is 3. The Morgan fingerprint density at radius 3 is 2.80 bits per heavy atom. The Hall–Kier alpha value is -1.76. The van der Waals surface area contributed by atoms with Crippen molar-refractivity contribution in [2.75, 3.05) is 17.3 Å². The lowest BCUT2D eigenvalue weighted by Crippen LogP contribution is -2.36. The largest absolute Gasteiger partial charge is 0.394 e. The van der Waals surface area contributed by atoms with E-state index in [-0.39, 0.29) is 16.7 Å². The maximum atomic E-state index is 12.2. The van der Waals surface area contributed by atoms with Crippen molar-refractivity contribution in [3.8, 4) is 0 Å². The van der Waals surface area contributed by atoms with Crippen LogP contribution >= 0.6 is 0 Å². The molecule has 2 aliphatic heterocycles. The Morgan fingerprint density at radius 2 is 2.15 bits per heavy atom. The van der Waals surface area contributed by atoms with E-state index in [2.05, 4.69) is 15.4 Å². The third-order valence-corrected chi connectivity index (χ3v) is 3.18. The third kappa shape index (κ3) is 1.76. The highest BCUT2D eigenvalue weighted by Gasteiger charge is 2.44. The van der Waals surface area contributed by atoms with Gasteiger partial charge in [0.25, 0.3) is 5.56 Å². The van der Waals surface area contributed by atoms with Gasteiger partial charge in [-0.3, -0.25) is 14.6 Å². The van der Waals surface area contributed by atoms with E-state index < -0.39 is 36.7 Å². The third-order valence-electron chi connectivity index (χ3n) is 3.18. The highest BCUT2D eigenvalue weighted by molar-refractivity contribution is 5.63. The van der Waals surface area contributed by atoms with Crippen LogP contribution in [0, 0.1) is 0 Å². The Labute approximate surface area is 111 Å². The number of hydrogen-bond donors (Lipinski definition) is 5. The predicted molar refractivity (Wildman–Crippen MR) is 60.5 cm³/mol. The predicted octanol–water partition coefficient (Wildman–Crippen LogP) is -2.68. The van der Waals surface area contributed by atoms with Gasteiger partial charge >= 0.3 is 0 Å². The van der Waals surface area contributed by atoms with Crippen LogP contribution in [0.5, 0.6) is 0 Å². The molecule has 1 saturated heterocycles. The van der Waals surface area contributed by atoms with Crippen molar-refractivity contribution in [1.29, 1.82) is 0 Å². The SMILES string of the molecule is O=c1c2c(ncn1[C@H]1O[C@@H](CO)[C@@H](O)[C@@H]1O)NON2O. The molecule has 3 rings (SSSR count). The quantitative estimate of drug-likeness (QED) is 0.389. The minimum absolute atomic E-state index is 0.000457. The molecule has 20 heavy (non-hydrogen) atoms. The Balaban J connectivity index is 2.00. The molecule has 110 valence electrons. The maximum absolute atomic E-state index is 12.2. The van der Waals surface area contributed by atoms with Crippen LogP contribution in [0.4, 0.5) is 11.5 Å². The van der Waals surface area contributed by atoms with Crippen molar-refractivity contribution in [1.82, 2.24) is 9.55 Å². The molecule has 0 spiro atoms. The summed E-state index contributed by atoms with van der Waals surface area (Å²) in [6.07, 6.45) is -3.95. The molecule has 1 aromatic rings. The molecule has 0 saturated carbocycles. The lowest BCUT2D eigenvalue weighted by molar-refractivity contribution is -0.0551. The van der Waals surface area contributed by atoms with E-state index >= 15 is 0 Å². The molecular weight excluding hydrogens is 276 g/mol. The van der Waals surface area contributed by atoms with Crippen LogP contribution in [0.15, 0.2) is 11.1 Å². The minimum Gasteiger partial charge on any atom is -0.394 e. The standard InChI is InChI=1S/C9H12N4O7/c14-1-3-5(15)6(16)9(19-3)12-2-10-7-4(8(12)17)13(18)20-11-7/h2-3,5-6,9,11,14-16,18H,1H2/t3-,5+,6-,9-/m0/s1. The summed E-state index contributed by atoms with van der Waals surface area (Å²) < 4.78 is 6.10. The summed E-state index contributed by atoms with van der Waals surface area (Å²) in [6, 6.07) is 0. The number of anilines is 2. The number of fused-ring (bicyclic) bond motifs is 1. The number of nitrogens with zero attached hydrogens (tertiary/aromatic N) is 3. The van der Waals surface area contributed by atoms with Gasteiger partial charge in [0.15, 0.2) is 12.0 Å². The number of aromatic nitrogens is 2. The molecule has 0 aliphatic carbocycles. The molecule has 11 heteroatoms. The molecule has 0 amide bonds. The average molecular weight is 288 g/mol. The van der Waals surface area contributed by atoms with E-state index in [0.29, 0.717) is 0 Å². The van der Waals surface area contributed by atoms with Gasteiger partial charge < -0.3 is 20.1 Å². The van der Waals surface area contributed by atoms with Gasteiger partial charge in [-0.25, -0.2) is 10.5 Å². The van der Waals surface area contributed by atoms with Gasteiger partial charge in [-0.2, -0.15) is 0 Å². The highest BCUT2D eigenvalue weighted by atomic mass is 17.0. The maximum Gasteiger partial charge on any atom is 0.286 e. The summed E-state index contributed by atoms with van der Waals surface area (Å²) >= 11 is 0. The first-order chi connectivity index (χ1) is 9.54. The molecule has 0 radical (unpaired) electrons. The zero-order valence-electron chi connectivity index (χ0n) is 9.95. The molecule has 2 aliphatic rings. The molecule has 0 bridgehead atoms. The van der Waals surface area contributed by atoms with Gasteiger partial charge in [-0.1, -0.05) is 5.23 Å². The Kier molecular flexibility index (Phi) is 3.08. The van der Waals surface area contributed by atoms with E-state index in [0.717, 1.165) is 10.9 Å². The Bertz CT molecular complexity index is 578. The lowest BCUT2D eigenvalue weighted by Gasteiger charge is -2.17. The topological polar surface area (TPSA) is 150 Å². The first-order valence-corrected chi connectivity index (χ1v) is 5.70. The van der Waals surface area contributed by atoms with E-state index in [9.17, 15) is 20.2 Å². The zero-order valence-corrected chi connectivity index (χ0v) is 9.95. The second kappa shape index (κ2) is 4.66. The van der Waals surface area contributed by atoms with Crippen molar-refractivity contribution in [3.63, 3.8) is 0 Å². The van der Waals surface area contributed by atoms with Crippen LogP contribution in [0.1, 0.15) is 6.23 Å². The van der Waals surface area contributed by atoms with Crippen LogP contribution in [0.3, 0.4) is 0 Å². The van der Waals surface area contributed by atoms with Crippen LogP contribution in [-0.4, -0.2) is 55.0 Å². The fraction of sp³-hybridized carbons (Fsp3) is 0.556. The number of nitrogens with one attached hydrogen (secondary N) is 1. The van der Waals surface area contributed by atoms with Crippen LogP contribution in [0.2, 0.25) is 0 Å². The van der Waals surface area contributed by atoms with Crippen LogP contribution < -0.4 is 16.3 Å². The van der Waals surface area contributed by atoms with Crippen molar-refractivity contribution in [3.05, 3.63) is 16.7 Å². The normalized spacial score (nSPS) is 32.3. The minimum atomic E-state index is -1.42. The average Bonchev–Trinajstić information content (AvgIpc) is 2.94. The smallest absolute Gasteiger partial charge is 0.286 e. The lowest BCUT2D eigenvalue weighted by atomic mass is 10.1. The fourth-order valence-electron chi connectivity index (χ4n) is 2.13. The van der Waals surface area contributed by atoms with Crippen molar-refractivity contribution in [2.24, 2.45) is 0 Å². The molecule has 0 unspecified atom stereocenters. The monoisotopic (exact) mass is 288 g/mol. The van der Waals surface area contributed by atoms with Crippen LogP contribution in [-0.2, 0) is 9.68 Å². The van der Waals surface area contributed by atoms with Gasteiger partial charge in [-0.15, -0.1) is 4.94 Å². The summed E-state index contributed by atoms with van der Waals surface area (Å²) in [5.41, 5.74) is 1.17. The summed E-state index contributed by atoms with van der Waals surface area (Å²) in [4.78, 5) is 20.5. The molecule has 3 heterocycles. The first kappa shape index (κ1) is 13.2. The van der Waals surface area contributed by atoms with Gasteiger partial charge in [-0.05, 0) is 0 Å². The number of aliphatic hydroxyl groups is 3. The molecule has 5 N–H and O–H groups in total. The van der Waals surface area contributed by atoms with E-state index in [1.165, 1.54) is 0 Å². The van der Waals surface area contributed by atoms with Gasteiger partial charge in [0.2, 0.25) is 5.69 Å². The van der Waals surface area contributed by atoms with Crippen molar-refractivity contribution < 1.29 is 30.2 Å². The van der Waals surface area contributed by atoms with E-state index in [4.69, 9.17) is 9.84 Å². The van der Waals surface area contributed by atoms with Gasteiger partial charge in [0.05, 0.1) is 6.61 Å². The molecule has 4 atom stereocenters. The summed E-state index contributed by atoms with van der Waals surface area (Å²) in [7, 11) is 0. The molecular formula is C9H12N4O7. The first-order valence-electron chi connectivity index (χ1n) is 5.70. The summed E-state index contributed by atoms with van der Waals surface area (Å²) in [5.74, 6) is 0.000457. The molecule has 1 fully saturated rings. The summed E-state index contributed by atoms with van der Waals surface area (Å²) in [5, 5.41) is 38.1. The second-order valence-corrected chi connectivity index (χ2v) is 4.35. The van der Waals surface area contributed by atoms with Crippen LogP contribution in [0.25, 0.3) is 0 Å². The number of ether oxygens (including phenoxy) is 1.